The fraction of sp³-hybridized carbons (Fsp3) is 0.500. The molecule has 0 saturated heterocycles. The summed E-state index contributed by atoms with van der Waals surface area (Å²) in [6.07, 6.45) is 5.32. The Bertz CT molecular complexity index is 922. The molecule has 1 fully saturated rings. The van der Waals surface area contributed by atoms with Crippen molar-refractivity contribution in [1.29, 1.82) is 5.26 Å². The molecule has 24 heavy (non-hydrogen) atoms. The minimum atomic E-state index is -0.411. The number of nitrogens with zero attached hydrogens (tertiary/aromatic N) is 4. The van der Waals surface area contributed by atoms with Crippen LogP contribution in [0.1, 0.15) is 44.5 Å². The molecule has 124 valence electrons. The van der Waals surface area contributed by atoms with E-state index in [1.165, 1.54) is 4.70 Å². The first kappa shape index (κ1) is 15.6. The number of fused-ring (bicyclic) bond motifs is 3. The Labute approximate surface area is 144 Å². The lowest BCUT2D eigenvalue weighted by Crippen LogP contribution is -2.31. The third-order valence-electron chi connectivity index (χ3n) is 5.16. The first-order valence-corrected chi connectivity index (χ1v) is 9.39. The number of imidazole rings is 1. The van der Waals surface area contributed by atoms with Crippen LogP contribution >= 0.6 is 11.3 Å². The van der Waals surface area contributed by atoms with Gasteiger partial charge in [0.1, 0.15) is 11.3 Å². The van der Waals surface area contributed by atoms with Crippen molar-refractivity contribution in [2.45, 2.75) is 51.2 Å². The predicted molar refractivity (Wildman–Crippen MR) is 94.9 cm³/mol. The first-order valence-electron chi connectivity index (χ1n) is 8.51. The lowest BCUT2D eigenvalue weighted by atomic mass is 9.82. The topological polar surface area (TPSA) is 74.7 Å². The van der Waals surface area contributed by atoms with Crippen LogP contribution in [0.25, 0.3) is 21.3 Å². The zero-order valence-corrected chi connectivity index (χ0v) is 14.5. The van der Waals surface area contributed by atoms with Crippen molar-refractivity contribution >= 4 is 32.6 Å². The van der Waals surface area contributed by atoms with Gasteiger partial charge in [0, 0.05) is 18.9 Å². The summed E-state index contributed by atoms with van der Waals surface area (Å²) in [6, 6.07) is 4.49. The van der Waals surface area contributed by atoms with E-state index in [2.05, 4.69) is 27.9 Å². The molecule has 6 heteroatoms. The molecule has 0 bridgehead atoms. The molecule has 4 rings (SSSR count). The van der Waals surface area contributed by atoms with Gasteiger partial charge >= 0.3 is 0 Å². The maximum Gasteiger partial charge on any atom is 0.109 e. The van der Waals surface area contributed by atoms with Crippen molar-refractivity contribution < 1.29 is 5.11 Å². The number of aliphatic hydroxyl groups excluding tert-OH is 1. The molecular weight excluding hydrogens is 320 g/mol. The minimum Gasteiger partial charge on any atom is -0.393 e. The molecule has 5 nitrogen and oxygen atoms in total. The highest BCUT2D eigenvalue weighted by molar-refractivity contribution is 7.18. The molecule has 1 saturated carbocycles. The van der Waals surface area contributed by atoms with Crippen molar-refractivity contribution in [3.05, 3.63) is 23.5 Å². The van der Waals surface area contributed by atoms with Gasteiger partial charge in [0.25, 0.3) is 0 Å². The van der Waals surface area contributed by atoms with Crippen molar-refractivity contribution in [2.24, 2.45) is 5.92 Å². The number of pyridine rings is 1. The summed E-state index contributed by atoms with van der Waals surface area (Å²) in [4.78, 5) is 9.29. The van der Waals surface area contributed by atoms with Crippen molar-refractivity contribution in [1.82, 2.24) is 14.5 Å². The van der Waals surface area contributed by atoms with Crippen molar-refractivity contribution in [3.63, 3.8) is 0 Å². The molecule has 3 aromatic rings. The first-order chi connectivity index (χ1) is 11.7. The Morgan fingerprint density at radius 2 is 2.29 bits per heavy atom. The summed E-state index contributed by atoms with van der Waals surface area (Å²) in [6.45, 7) is 2.12. The summed E-state index contributed by atoms with van der Waals surface area (Å²) in [5.41, 5.74) is 3.10. The summed E-state index contributed by atoms with van der Waals surface area (Å²) < 4.78 is 3.51. The fourth-order valence-electron chi connectivity index (χ4n) is 3.95. The van der Waals surface area contributed by atoms with Gasteiger partial charge in [-0.25, -0.2) is 4.98 Å². The van der Waals surface area contributed by atoms with Crippen LogP contribution in [-0.4, -0.2) is 25.7 Å². The molecule has 0 aromatic carbocycles. The standard InChI is InChI=1S/C18H20N4OS/c1-2-16-21-14-10-20-13-6-8-24-18(13)17(14)22(16)12-4-3-11(5-7-19)15(23)9-12/h6,8,10-12,15,23H,2-5,9H2,1H3. The summed E-state index contributed by atoms with van der Waals surface area (Å²) in [5.74, 6) is 1.16. The second kappa shape index (κ2) is 6.15. The molecule has 0 amide bonds. The number of rotatable bonds is 3. The molecular formula is C18H20N4OS. The van der Waals surface area contributed by atoms with Crippen LogP contribution in [-0.2, 0) is 6.42 Å². The number of aryl methyl sites for hydroxylation is 1. The van der Waals surface area contributed by atoms with Crippen LogP contribution < -0.4 is 0 Å². The SMILES string of the molecule is CCc1nc2cnc3ccsc3c2n1C1CCC(CC#N)C(O)C1. The van der Waals surface area contributed by atoms with Gasteiger partial charge < -0.3 is 9.67 Å². The molecule has 3 unspecified atom stereocenters. The van der Waals surface area contributed by atoms with Gasteiger partial charge in [0.15, 0.2) is 0 Å². The van der Waals surface area contributed by atoms with E-state index in [9.17, 15) is 5.11 Å². The average Bonchev–Trinajstić information content (AvgIpc) is 3.19. The van der Waals surface area contributed by atoms with Crippen LogP contribution in [0.4, 0.5) is 0 Å². The third kappa shape index (κ3) is 2.40. The summed E-state index contributed by atoms with van der Waals surface area (Å²) >= 11 is 1.70. The largest absolute Gasteiger partial charge is 0.393 e. The highest BCUT2D eigenvalue weighted by Gasteiger charge is 2.32. The van der Waals surface area contributed by atoms with Gasteiger partial charge in [-0.15, -0.1) is 11.3 Å². The predicted octanol–water partition coefficient (Wildman–Crippen LogP) is 3.82. The lowest BCUT2D eigenvalue weighted by molar-refractivity contribution is 0.0500. The number of aromatic nitrogens is 3. The molecule has 1 aliphatic carbocycles. The molecule has 1 N–H and O–H groups in total. The number of aliphatic hydroxyl groups is 1. The van der Waals surface area contributed by atoms with Gasteiger partial charge in [0.05, 0.1) is 34.1 Å². The van der Waals surface area contributed by atoms with Crippen LogP contribution in [0.2, 0.25) is 0 Å². The number of nitriles is 1. The number of thiophene rings is 1. The van der Waals surface area contributed by atoms with E-state index in [-0.39, 0.29) is 12.0 Å². The van der Waals surface area contributed by atoms with Crippen LogP contribution in [0, 0.1) is 17.2 Å². The normalized spacial score (nSPS) is 24.5. The van der Waals surface area contributed by atoms with E-state index < -0.39 is 6.10 Å². The Hall–Kier alpha value is -1.97. The van der Waals surface area contributed by atoms with E-state index in [0.717, 1.165) is 41.6 Å². The maximum atomic E-state index is 10.5. The molecule has 3 atom stereocenters. The molecule has 0 radical (unpaired) electrons. The quantitative estimate of drug-likeness (QED) is 0.786. The Morgan fingerprint density at radius 1 is 1.42 bits per heavy atom. The lowest BCUT2D eigenvalue weighted by Gasteiger charge is -2.33. The monoisotopic (exact) mass is 340 g/mol. The molecule has 0 aliphatic heterocycles. The van der Waals surface area contributed by atoms with Crippen LogP contribution in [0.15, 0.2) is 17.6 Å². The minimum absolute atomic E-state index is 0.106. The highest BCUT2D eigenvalue weighted by Crippen LogP contribution is 2.39. The van der Waals surface area contributed by atoms with Crippen LogP contribution in [0.5, 0.6) is 0 Å². The Balaban J connectivity index is 1.81. The van der Waals surface area contributed by atoms with Gasteiger partial charge in [-0.05, 0) is 36.6 Å². The number of hydrogen-bond acceptors (Lipinski definition) is 5. The number of hydrogen-bond donors (Lipinski definition) is 1. The van der Waals surface area contributed by atoms with E-state index in [4.69, 9.17) is 10.2 Å². The van der Waals surface area contributed by atoms with E-state index in [1.807, 2.05) is 12.3 Å². The second-order valence-electron chi connectivity index (χ2n) is 6.54. The molecule has 0 spiro atoms. The van der Waals surface area contributed by atoms with Crippen molar-refractivity contribution in [3.8, 4) is 6.07 Å². The molecule has 3 aromatic heterocycles. The van der Waals surface area contributed by atoms with Crippen LogP contribution in [0.3, 0.4) is 0 Å². The zero-order valence-electron chi connectivity index (χ0n) is 13.6. The average molecular weight is 340 g/mol. The van der Waals surface area contributed by atoms with E-state index in [1.54, 1.807) is 11.3 Å². The van der Waals surface area contributed by atoms with Gasteiger partial charge in [-0.2, -0.15) is 5.26 Å². The maximum absolute atomic E-state index is 10.5. The highest BCUT2D eigenvalue weighted by atomic mass is 32.1. The van der Waals surface area contributed by atoms with Crippen molar-refractivity contribution in [2.75, 3.05) is 0 Å². The Morgan fingerprint density at radius 3 is 3.04 bits per heavy atom. The van der Waals surface area contributed by atoms with Gasteiger partial charge in [-0.1, -0.05) is 6.92 Å². The fourth-order valence-corrected chi connectivity index (χ4v) is 4.84. The second-order valence-corrected chi connectivity index (χ2v) is 7.45. The van der Waals surface area contributed by atoms with E-state index in [0.29, 0.717) is 12.8 Å². The zero-order chi connectivity index (χ0) is 16.7. The Kier molecular flexibility index (Phi) is 3.99. The van der Waals surface area contributed by atoms with Gasteiger partial charge in [0.2, 0.25) is 0 Å². The van der Waals surface area contributed by atoms with E-state index >= 15 is 0 Å². The smallest absolute Gasteiger partial charge is 0.109 e. The summed E-state index contributed by atoms with van der Waals surface area (Å²) in [7, 11) is 0. The van der Waals surface area contributed by atoms with Gasteiger partial charge in [-0.3, -0.25) is 4.98 Å². The molecule has 1 aliphatic rings. The third-order valence-corrected chi connectivity index (χ3v) is 6.07. The summed E-state index contributed by atoms with van der Waals surface area (Å²) in [5, 5.41) is 21.5. The molecule has 3 heterocycles.